The summed E-state index contributed by atoms with van der Waals surface area (Å²) in [4.78, 5) is 10.2. The van der Waals surface area contributed by atoms with Crippen LogP contribution in [-0.4, -0.2) is 20.8 Å². The molecule has 0 atom stereocenters. The van der Waals surface area contributed by atoms with Crippen LogP contribution in [0.1, 0.15) is 0 Å². The quantitative estimate of drug-likeness (QED) is 0.411. The molecule has 0 saturated heterocycles. The Kier molecular flexibility index (Phi) is 2.57. The zero-order valence-electron chi connectivity index (χ0n) is 8.66. The van der Waals surface area contributed by atoms with E-state index < -0.39 is 0 Å². The molecule has 0 radical (unpaired) electrons. The van der Waals surface area contributed by atoms with Crippen molar-refractivity contribution in [2.45, 2.75) is 0 Å². The molecule has 1 aromatic heterocycles. The van der Waals surface area contributed by atoms with Crippen molar-refractivity contribution in [3.63, 3.8) is 0 Å². The van der Waals surface area contributed by atoms with Gasteiger partial charge in [0.25, 0.3) is 0 Å². The highest BCUT2D eigenvalue weighted by Gasteiger charge is 2.10. The predicted molar refractivity (Wildman–Crippen MR) is 62.1 cm³/mol. The normalized spacial score (nSPS) is 10.1. The highest BCUT2D eigenvalue weighted by Crippen LogP contribution is 2.24. The van der Waals surface area contributed by atoms with E-state index >= 15 is 0 Å². The molecule has 0 aliphatic rings. The van der Waals surface area contributed by atoms with E-state index in [0.29, 0.717) is 16.9 Å². The van der Waals surface area contributed by atoms with Gasteiger partial charge in [-0.3, -0.25) is 5.41 Å². The molecule has 0 saturated carbocycles. The van der Waals surface area contributed by atoms with Crippen LogP contribution in [0.3, 0.4) is 0 Å². The maximum absolute atomic E-state index is 10.2. The third-order valence-electron chi connectivity index (χ3n) is 2.19. The Hall–Kier alpha value is -2.70. The van der Waals surface area contributed by atoms with Gasteiger partial charge in [-0.05, 0) is 17.3 Å². The monoisotopic (exact) mass is 231 g/mol. The fourth-order valence-corrected chi connectivity index (χ4v) is 1.38. The van der Waals surface area contributed by atoms with Crippen molar-refractivity contribution >= 4 is 11.6 Å². The first kappa shape index (κ1) is 10.8. The van der Waals surface area contributed by atoms with Gasteiger partial charge in [0.2, 0.25) is 11.8 Å². The number of hydrogen-bond donors (Lipinski definition) is 3. The average Bonchev–Trinajstić information content (AvgIpc) is 2.71. The van der Waals surface area contributed by atoms with E-state index in [-0.39, 0.29) is 11.8 Å². The molecule has 2 aromatic rings. The first-order valence-corrected chi connectivity index (χ1v) is 4.69. The lowest BCUT2D eigenvalue weighted by atomic mass is 10.1. The van der Waals surface area contributed by atoms with Gasteiger partial charge in [-0.25, -0.2) is 0 Å². The number of aromatic hydroxyl groups is 1. The summed E-state index contributed by atoms with van der Waals surface area (Å²) in [5.74, 6) is -0.593. The summed E-state index contributed by atoms with van der Waals surface area (Å²) in [6.07, 6.45) is 0. The minimum Gasteiger partial charge on any atom is -0.493 e. The molecule has 7 heteroatoms. The Morgan fingerprint density at radius 3 is 2.53 bits per heavy atom. The summed E-state index contributed by atoms with van der Waals surface area (Å²) in [6.45, 7) is 0. The summed E-state index contributed by atoms with van der Waals surface area (Å²) >= 11 is 0. The van der Waals surface area contributed by atoms with Crippen molar-refractivity contribution in [2.75, 3.05) is 0 Å². The van der Waals surface area contributed by atoms with E-state index in [9.17, 15) is 10.0 Å². The topological polar surface area (TPSA) is 117 Å². The molecule has 0 spiro atoms. The molecule has 86 valence electrons. The number of nitrogens with two attached hydrogens (primary N) is 1. The summed E-state index contributed by atoms with van der Waals surface area (Å²) in [5.41, 5.74) is 6.67. The van der Waals surface area contributed by atoms with E-state index in [1.54, 1.807) is 12.1 Å². The molecule has 0 aliphatic carbocycles. The van der Waals surface area contributed by atoms with Crippen molar-refractivity contribution in [1.82, 2.24) is 9.78 Å². The smallest absolute Gasteiger partial charge is 0.217 e. The molecule has 1 aromatic carbocycles. The number of nitrogen functional groups attached to an aromatic ring is 1. The largest absolute Gasteiger partial charge is 0.493 e. The Labute approximate surface area is 96.0 Å². The third-order valence-corrected chi connectivity index (χ3v) is 2.19. The van der Waals surface area contributed by atoms with Gasteiger partial charge in [0.15, 0.2) is 0 Å². The average molecular weight is 231 g/mol. The molecule has 0 fully saturated rings. The minimum absolute atomic E-state index is 0.218. The van der Waals surface area contributed by atoms with Gasteiger partial charge in [-0.2, -0.15) is 9.78 Å². The SMILES string of the molecule is N=C(N)n1nc(-c2ccc(N=O)cc2)cc1O. The minimum atomic E-state index is -0.375. The van der Waals surface area contributed by atoms with Crippen LogP contribution in [0.4, 0.5) is 5.69 Å². The van der Waals surface area contributed by atoms with Crippen molar-refractivity contribution in [1.29, 1.82) is 5.41 Å². The van der Waals surface area contributed by atoms with E-state index in [0.717, 1.165) is 4.68 Å². The molecule has 0 unspecified atom stereocenters. The third kappa shape index (κ3) is 1.98. The fourth-order valence-electron chi connectivity index (χ4n) is 1.38. The van der Waals surface area contributed by atoms with Crippen LogP contribution in [0.5, 0.6) is 5.88 Å². The van der Waals surface area contributed by atoms with Crippen LogP contribution in [0.25, 0.3) is 11.3 Å². The van der Waals surface area contributed by atoms with Crippen LogP contribution in [0.15, 0.2) is 35.5 Å². The van der Waals surface area contributed by atoms with Crippen molar-refractivity contribution in [3.05, 3.63) is 35.2 Å². The lowest BCUT2D eigenvalue weighted by Crippen LogP contribution is -2.21. The molecule has 0 aliphatic heterocycles. The maximum Gasteiger partial charge on any atom is 0.217 e. The van der Waals surface area contributed by atoms with Gasteiger partial charge < -0.3 is 10.8 Å². The van der Waals surface area contributed by atoms with Crippen molar-refractivity contribution in [2.24, 2.45) is 10.9 Å². The van der Waals surface area contributed by atoms with Crippen LogP contribution >= 0.6 is 0 Å². The Morgan fingerprint density at radius 2 is 2.06 bits per heavy atom. The summed E-state index contributed by atoms with van der Waals surface area (Å²) in [6, 6.07) is 7.73. The van der Waals surface area contributed by atoms with Gasteiger partial charge in [0, 0.05) is 11.6 Å². The lowest BCUT2D eigenvalue weighted by molar-refractivity contribution is 0.438. The Balaban J connectivity index is 2.42. The summed E-state index contributed by atoms with van der Waals surface area (Å²) in [5, 5.41) is 23.4. The van der Waals surface area contributed by atoms with Gasteiger partial charge >= 0.3 is 0 Å². The second kappa shape index (κ2) is 4.05. The standard InChI is InChI=1S/C10H9N5O2/c11-10(12)15-9(16)5-8(13-15)6-1-3-7(14-17)4-2-6/h1-5,16H,(H3,11,12). The van der Waals surface area contributed by atoms with Crippen LogP contribution < -0.4 is 5.73 Å². The molecule has 1 heterocycles. The van der Waals surface area contributed by atoms with Crippen LogP contribution in [0, 0.1) is 10.3 Å². The molecule has 0 amide bonds. The molecule has 2 rings (SSSR count). The molecule has 7 nitrogen and oxygen atoms in total. The number of nitroso groups, excluding NO2 is 1. The number of nitrogens with one attached hydrogen (secondary N) is 1. The molecular formula is C10H9N5O2. The zero-order chi connectivity index (χ0) is 12.4. The highest BCUT2D eigenvalue weighted by atomic mass is 16.3. The predicted octanol–water partition coefficient (Wildman–Crippen LogP) is 1.40. The van der Waals surface area contributed by atoms with Crippen molar-refractivity contribution in [3.8, 4) is 17.1 Å². The number of nitrogens with zero attached hydrogens (tertiary/aromatic N) is 3. The second-order valence-electron chi connectivity index (χ2n) is 3.32. The molecule has 4 N–H and O–H groups in total. The molecule has 17 heavy (non-hydrogen) atoms. The van der Waals surface area contributed by atoms with Gasteiger partial charge in [-0.1, -0.05) is 12.1 Å². The van der Waals surface area contributed by atoms with Crippen LogP contribution in [-0.2, 0) is 0 Å². The molecule has 0 bridgehead atoms. The van der Waals surface area contributed by atoms with E-state index in [2.05, 4.69) is 10.3 Å². The number of rotatable bonds is 2. The van der Waals surface area contributed by atoms with E-state index in [1.165, 1.54) is 18.2 Å². The second-order valence-corrected chi connectivity index (χ2v) is 3.32. The Morgan fingerprint density at radius 1 is 1.41 bits per heavy atom. The van der Waals surface area contributed by atoms with Crippen molar-refractivity contribution < 1.29 is 5.11 Å². The number of hydrogen-bond acceptors (Lipinski definition) is 5. The van der Waals surface area contributed by atoms with E-state index in [4.69, 9.17) is 11.1 Å². The summed E-state index contributed by atoms with van der Waals surface area (Å²) < 4.78 is 0.904. The van der Waals surface area contributed by atoms with Crippen LogP contribution in [0.2, 0.25) is 0 Å². The lowest BCUT2D eigenvalue weighted by Gasteiger charge is -1.97. The summed E-state index contributed by atoms with van der Waals surface area (Å²) in [7, 11) is 0. The van der Waals surface area contributed by atoms with Gasteiger partial charge in [-0.15, -0.1) is 4.91 Å². The molecular weight excluding hydrogens is 222 g/mol. The fraction of sp³-hybridized carbons (Fsp3) is 0. The maximum atomic E-state index is 10.2. The first-order valence-electron chi connectivity index (χ1n) is 4.69. The van der Waals surface area contributed by atoms with Gasteiger partial charge in [0.1, 0.15) is 5.69 Å². The number of benzene rings is 1. The first-order chi connectivity index (χ1) is 8.11. The zero-order valence-corrected chi connectivity index (χ0v) is 8.66. The highest BCUT2D eigenvalue weighted by molar-refractivity contribution is 5.79. The van der Waals surface area contributed by atoms with E-state index in [1.807, 2.05) is 0 Å². The number of aromatic nitrogens is 2. The van der Waals surface area contributed by atoms with Gasteiger partial charge in [0.05, 0.1) is 5.69 Å². The Bertz CT molecular complexity index is 573.